The second-order valence-corrected chi connectivity index (χ2v) is 6.82. The van der Waals surface area contributed by atoms with E-state index in [4.69, 9.17) is 12.2 Å². The van der Waals surface area contributed by atoms with Gasteiger partial charge in [0.15, 0.2) is 3.95 Å². The summed E-state index contributed by atoms with van der Waals surface area (Å²) in [5.41, 5.74) is 1.37. The summed E-state index contributed by atoms with van der Waals surface area (Å²) in [5, 5.41) is 11.4. The average molecular weight is 306 g/mol. The molecule has 0 bridgehead atoms. The number of nitrogens with zero attached hydrogens (tertiary/aromatic N) is 2. The molecule has 2 N–H and O–H groups in total. The number of aromatic nitrogens is 2. The van der Waals surface area contributed by atoms with E-state index in [1.54, 1.807) is 0 Å². The first-order valence-electron chi connectivity index (χ1n) is 6.82. The molecule has 2 aromatic rings. The van der Waals surface area contributed by atoms with Crippen molar-refractivity contribution in [3.63, 3.8) is 0 Å². The minimum atomic E-state index is 0.438. The van der Waals surface area contributed by atoms with Crippen molar-refractivity contribution in [2.45, 2.75) is 32.0 Å². The molecule has 1 aromatic heterocycles. The second-order valence-electron chi connectivity index (χ2n) is 5.15. The molecule has 1 saturated heterocycles. The first-order chi connectivity index (χ1) is 9.72. The van der Waals surface area contributed by atoms with Crippen LogP contribution in [0.4, 0.5) is 5.13 Å². The summed E-state index contributed by atoms with van der Waals surface area (Å²) in [4.78, 5) is 2.51. The van der Waals surface area contributed by atoms with Crippen LogP contribution in [0.25, 0.3) is 0 Å². The van der Waals surface area contributed by atoms with E-state index in [1.807, 2.05) is 0 Å². The number of aromatic amines is 1. The number of benzene rings is 1. The first kappa shape index (κ1) is 13.7. The summed E-state index contributed by atoms with van der Waals surface area (Å²) < 4.78 is 0.722. The molecule has 20 heavy (non-hydrogen) atoms. The number of hydrogen-bond donors (Lipinski definition) is 2. The summed E-state index contributed by atoms with van der Waals surface area (Å²) in [6, 6.07) is 11.6. The Balaban J connectivity index is 1.62. The Morgan fingerprint density at radius 3 is 2.95 bits per heavy atom. The molecular weight excluding hydrogens is 288 g/mol. The highest BCUT2D eigenvalue weighted by Crippen LogP contribution is 2.24. The van der Waals surface area contributed by atoms with E-state index < -0.39 is 0 Å². The van der Waals surface area contributed by atoms with Crippen LogP contribution in [0.15, 0.2) is 30.3 Å². The lowest BCUT2D eigenvalue weighted by Gasteiger charge is -2.24. The Labute approximate surface area is 127 Å². The number of anilines is 1. The maximum Gasteiger partial charge on any atom is 0.204 e. The van der Waals surface area contributed by atoms with Gasteiger partial charge in [-0.05, 0) is 31.1 Å². The van der Waals surface area contributed by atoms with Crippen LogP contribution < -0.4 is 5.32 Å². The fraction of sp³-hybridized carbons (Fsp3) is 0.429. The van der Waals surface area contributed by atoms with E-state index in [-0.39, 0.29) is 0 Å². The summed E-state index contributed by atoms with van der Waals surface area (Å²) in [5.74, 6) is 0. The Bertz CT molecular complexity index is 607. The summed E-state index contributed by atoms with van der Waals surface area (Å²) in [7, 11) is 0. The van der Waals surface area contributed by atoms with Crippen LogP contribution in [0.1, 0.15) is 18.9 Å². The monoisotopic (exact) mass is 306 g/mol. The van der Waals surface area contributed by atoms with Crippen molar-refractivity contribution in [3.05, 3.63) is 39.8 Å². The van der Waals surface area contributed by atoms with E-state index >= 15 is 0 Å². The average Bonchev–Trinajstić information content (AvgIpc) is 3.01. The van der Waals surface area contributed by atoms with Gasteiger partial charge in [0.1, 0.15) is 0 Å². The molecule has 4 nitrogen and oxygen atoms in total. The van der Waals surface area contributed by atoms with Crippen LogP contribution in [-0.4, -0.2) is 33.7 Å². The smallest absolute Gasteiger partial charge is 0.204 e. The Kier molecular flexibility index (Phi) is 4.14. The van der Waals surface area contributed by atoms with E-state index in [0.717, 1.165) is 28.6 Å². The van der Waals surface area contributed by atoms with Crippen molar-refractivity contribution >= 4 is 28.7 Å². The van der Waals surface area contributed by atoms with Crippen molar-refractivity contribution in [2.75, 3.05) is 11.9 Å². The van der Waals surface area contributed by atoms with Crippen LogP contribution in [0.2, 0.25) is 0 Å². The molecule has 2 atom stereocenters. The van der Waals surface area contributed by atoms with Gasteiger partial charge in [0.05, 0.1) is 0 Å². The lowest BCUT2D eigenvalue weighted by molar-refractivity contribution is 0.255. The molecule has 0 amide bonds. The fourth-order valence-electron chi connectivity index (χ4n) is 2.69. The molecule has 106 valence electrons. The third-order valence-electron chi connectivity index (χ3n) is 3.86. The largest absolute Gasteiger partial charge is 0.356 e. The van der Waals surface area contributed by atoms with Gasteiger partial charge in [0, 0.05) is 25.2 Å². The summed E-state index contributed by atoms with van der Waals surface area (Å²) in [6.45, 7) is 4.40. The van der Waals surface area contributed by atoms with Gasteiger partial charge >= 0.3 is 0 Å². The lowest BCUT2D eigenvalue weighted by Crippen LogP contribution is -2.35. The van der Waals surface area contributed by atoms with Gasteiger partial charge in [0.2, 0.25) is 5.13 Å². The van der Waals surface area contributed by atoms with Gasteiger partial charge in [-0.2, -0.15) is 0 Å². The molecule has 6 heteroatoms. The lowest BCUT2D eigenvalue weighted by atomic mass is 10.1. The van der Waals surface area contributed by atoms with Gasteiger partial charge in [-0.3, -0.25) is 10.00 Å². The molecule has 0 spiro atoms. The molecule has 0 aliphatic carbocycles. The number of likely N-dealkylation sites (tertiary alicyclic amines) is 1. The van der Waals surface area contributed by atoms with Gasteiger partial charge in [-0.15, -0.1) is 5.10 Å². The van der Waals surface area contributed by atoms with Gasteiger partial charge in [0.25, 0.3) is 0 Å². The SMILES string of the molecule is CC1C(Nc2n[nH]c(=S)s2)CCN1Cc1ccccc1. The Hall–Kier alpha value is -1.24. The maximum absolute atomic E-state index is 5.06. The van der Waals surface area contributed by atoms with Crippen molar-refractivity contribution in [3.8, 4) is 0 Å². The van der Waals surface area contributed by atoms with Crippen molar-refractivity contribution < 1.29 is 0 Å². The van der Waals surface area contributed by atoms with Crippen LogP contribution in [-0.2, 0) is 6.54 Å². The normalized spacial score (nSPS) is 23.1. The fourth-order valence-corrected chi connectivity index (χ4v) is 3.54. The highest BCUT2D eigenvalue weighted by molar-refractivity contribution is 7.73. The number of H-pyrrole nitrogens is 1. The van der Waals surface area contributed by atoms with Crippen molar-refractivity contribution in [1.82, 2.24) is 15.1 Å². The summed E-state index contributed by atoms with van der Waals surface area (Å²) >= 11 is 6.56. The van der Waals surface area contributed by atoms with Crippen molar-refractivity contribution in [2.24, 2.45) is 0 Å². The molecule has 2 heterocycles. The predicted octanol–water partition coefficient (Wildman–Crippen LogP) is 3.28. The van der Waals surface area contributed by atoms with Crippen molar-refractivity contribution in [1.29, 1.82) is 0 Å². The zero-order valence-electron chi connectivity index (χ0n) is 11.4. The maximum atomic E-state index is 5.06. The molecule has 1 fully saturated rings. The number of rotatable bonds is 4. The van der Waals surface area contributed by atoms with Crippen LogP contribution >= 0.6 is 23.6 Å². The number of hydrogen-bond acceptors (Lipinski definition) is 5. The Morgan fingerprint density at radius 1 is 1.45 bits per heavy atom. The van der Waals surface area contributed by atoms with Crippen LogP contribution in [0, 0.1) is 3.95 Å². The molecule has 3 rings (SSSR count). The molecular formula is C14H18N4S2. The number of nitrogens with one attached hydrogen (secondary N) is 2. The predicted molar refractivity (Wildman–Crippen MR) is 85.6 cm³/mol. The molecule has 1 aliphatic heterocycles. The first-order valence-corrected chi connectivity index (χ1v) is 8.05. The highest BCUT2D eigenvalue weighted by atomic mass is 32.1. The second kappa shape index (κ2) is 6.03. The standard InChI is InChI=1S/C14H18N4S2/c1-10-12(15-13-16-17-14(19)20-13)7-8-18(10)9-11-5-3-2-4-6-11/h2-6,10,12H,7-9H2,1H3,(H,15,16)(H,17,19). The topological polar surface area (TPSA) is 44.0 Å². The minimum absolute atomic E-state index is 0.438. The van der Waals surface area contributed by atoms with Gasteiger partial charge < -0.3 is 5.32 Å². The third-order valence-corrected chi connectivity index (χ3v) is 4.88. The van der Waals surface area contributed by atoms with Crippen LogP contribution in [0.5, 0.6) is 0 Å². The molecule has 0 radical (unpaired) electrons. The quantitative estimate of drug-likeness (QED) is 0.851. The van der Waals surface area contributed by atoms with Crippen LogP contribution in [0.3, 0.4) is 0 Å². The zero-order valence-corrected chi connectivity index (χ0v) is 13.0. The van der Waals surface area contributed by atoms with E-state index in [0.29, 0.717) is 12.1 Å². The third kappa shape index (κ3) is 3.08. The molecule has 0 saturated carbocycles. The van der Waals surface area contributed by atoms with E-state index in [1.165, 1.54) is 16.9 Å². The molecule has 1 aliphatic rings. The van der Waals surface area contributed by atoms with Gasteiger partial charge in [-0.25, -0.2) is 0 Å². The van der Waals surface area contributed by atoms with E-state index in [9.17, 15) is 0 Å². The highest BCUT2D eigenvalue weighted by Gasteiger charge is 2.30. The Morgan fingerprint density at radius 2 is 2.25 bits per heavy atom. The van der Waals surface area contributed by atoms with E-state index in [2.05, 4.69) is 57.7 Å². The molecule has 2 unspecified atom stereocenters. The molecule has 1 aromatic carbocycles. The minimum Gasteiger partial charge on any atom is -0.356 e. The van der Waals surface area contributed by atoms with Gasteiger partial charge in [-0.1, -0.05) is 41.7 Å². The zero-order chi connectivity index (χ0) is 13.9. The summed E-state index contributed by atoms with van der Waals surface area (Å²) in [6.07, 6.45) is 1.14.